The second-order valence-electron chi connectivity index (χ2n) is 20.8. The molecule has 2 heterocycles. The van der Waals surface area contributed by atoms with Crippen molar-refractivity contribution in [1.29, 1.82) is 0 Å². The van der Waals surface area contributed by atoms with Gasteiger partial charge in [0.15, 0.2) is 0 Å². The largest absolute Gasteiger partial charge is 2.00 e. The first-order chi connectivity index (χ1) is 27.8. The summed E-state index contributed by atoms with van der Waals surface area (Å²) in [6, 6.07) is 17.6. The van der Waals surface area contributed by atoms with E-state index in [0.29, 0.717) is 24.4 Å². The van der Waals surface area contributed by atoms with E-state index in [9.17, 15) is 0 Å². The van der Waals surface area contributed by atoms with Crippen molar-refractivity contribution < 1.29 is 35.2 Å². The van der Waals surface area contributed by atoms with E-state index in [1.54, 1.807) is 0 Å². The minimum absolute atomic E-state index is 0. The first-order valence-electron chi connectivity index (χ1n) is 24.5. The van der Waals surface area contributed by atoms with E-state index in [-0.39, 0.29) is 17.1 Å². The maximum atomic E-state index is 6.92. The Labute approximate surface area is 358 Å². The van der Waals surface area contributed by atoms with Crippen LogP contribution in [0.1, 0.15) is 154 Å². The van der Waals surface area contributed by atoms with Crippen LogP contribution in [-0.4, -0.2) is 24.4 Å². The number of fused-ring (bicyclic) bond motifs is 14. The molecule has 16 atom stereocenters. The second-order valence-corrected chi connectivity index (χ2v) is 23.7. The SMILES string of the molecule is [Fe+2].c1cc(P2OC3CCC4CCCCC4C3C3C(CCC4CCCCC43)O2)c[cH-]1.c1cc(P2OC3CCC4CCCCC4C3C3C(CCC4CCCCC43)O2)c[cH-]1. The molecule has 0 spiro atoms. The predicted molar refractivity (Wildman–Crippen MR) is 229 cm³/mol. The summed E-state index contributed by atoms with van der Waals surface area (Å²) >= 11 is 0. The van der Waals surface area contributed by atoms with Crippen molar-refractivity contribution in [3.8, 4) is 0 Å². The summed E-state index contributed by atoms with van der Waals surface area (Å²) in [5, 5.41) is 2.62. The van der Waals surface area contributed by atoms with Gasteiger partial charge in [-0.15, -0.1) is 10.6 Å². The van der Waals surface area contributed by atoms with Crippen LogP contribution in [0.2, 0.25) is 0 Å². The molecule has 8 saturated carbocycles. The zero-order valence-electron chi connectivity index (χ0n) is 34.7. The molecule has 57 heavy (non-hydrogen) atoms. The van der Waals surface area contributed by atoms with Crippen molar-refractivity contribution in [3.63, 3.8) is 0 Å². The van der Waals surface area contributed by atoms with Crippen molar-refractivity contribution in [2.45, 2.75) is 179 Å². The molecule has 8 aliphatic carbocycles. The first-order valence-corrected chi connectivity index (χ1v) is 26.8. The molecule has 2 aromatic carbocycles. The summed E-state index contributed by atoms with van der Waals surface area (Å²) in [5.74, 6) is 10.7. The standard InChI is InChI=1S/2C25H36O2P.Fe/c2*1-5-11-20-17(7-1)13-15-22-24(20)25-21-12-6-2-8-18(21)14-16-23(25)27-28(26-22)19-9-3-4-10-19;/h2*3-4,9-10,17-18,20-25H,1-2,5-8,11-16H2;/q2*-1;+2. The third kappa shape index (κ3) is 8.07. The van der Waals surface area contributed by atoms with Gasteiger partial charge in [-0.1, -0.05) is 77.0 Å². The van der Waals surface area contributed by atoms with Gasteiger partial charge in [0.25, 0.3) is 0 Å². The molecular formula is C50H72FeO4P2. The van der Waals surface area contributed by atoms with E-state index in [1.807, 2.05) is 0 Å². The third-order valence-corrected chi connectivity index (χ3v) is 21.7. The normalized spacial score (nSPS) is 47.6. The Bertz CT molecular complexity index is 1360. The minimum atomic E-state index is -0.893. The molecule has 314 valence electrons. The Hall–Kier alpha value is -0.0805. The predicted octanol–water partition coefficient (Wildman–Crippen LogP) is 13.1. The van der Waals surface area contributed by atoms with Crippen LogP contribution in [0.3, 0.4) is 0 Å². The molecule has 0 amide bonds. The van der Waals surface area contributed by atoms with Gasteiger partial charge in [-0.2, -0.15) is 36.4 Å². The Morgan fingerprint density at radius 3 is 0.912 bits per heavy atom. The van der Waals surface area contributed by atoms with Crippen molar-refractivity contribution in [2.75, 3.05) is 0 Å². The Kier molecular flexibility index (Phi) is 13.2. The molecule has 2 aliphatic heterocycles. The molecule has 4 nitrogen and oxygen atoms in total. The minimum Gasteiger partial charge on any atom is -0.337 e. The summed E-state index contributed by atoms with van der Waals surface area (Å²) in [5.41, 5.74) is 0. The first kappa shape index (κ1) is 41.0. The van der Waals surface area contributed by atoms with Crippen molar-refractivity contribution in [1.82, 2.24) is 0 Å². The second kappa shape index (κ2) is 18.3. The monoisotopic (exact) mass is 854 g/mol. The zero-order chi connectivity index (χ0) is 37.0. The molecule has 0 N–H and O–H groups in total. The molecule has 10 aliphatic rings. The zero-order valence-corrected chi connectivity index (χ0v) is 37.6. The van der Waals surface area contributed by atoms with Gasteiger partial charge >= 0.3 is 17.1 Å². The van der Waals surface area contributed by atoms with Crippen molar-refractivity contribution in [2.24, 2.45) is 71.0 Å². The Balaban J connectivity index is 0.000000137. The van der Waals surface area contributed by atoms with Crippen LogP contribution in [0.5, 0.6) is 0 Å². The van der Waals surface area contributed by atoms with Crippen LogP contribution in [0.25, 0.3) is 0 Å². The van der Waals surface area contributed by atoms with Crippen LogP contribution in [-0.2, 0) is 35.2 Å². The third-order valence-electron chi connectivity index (χ3n) is 18.4. The summed E-state index contributed by atoms with van der Waals surface area (Å²) in [7, 11) is -1.79. The Morgan fingerprint density at radius 2 is 0.649 bits per heavy atom. The average Bonchev–Trinajstić information content (AvgIpc) is 3.94. The summed E-state index contributed by atoms with van der Waals surface area (Å²) in [6.45, 7) is 0. The molecule has 2 aromatic rings. The van der Waals surface area contributed by atoms with Crippen LogP contribution < -0.4 is 10.6 Å². The fourth-order valence-electron chi connectivity index (χ4n) is 16.2. The van der Waals surface area contributed by atoms with Crippen molar-refractivity contribution >= 4 is 27.4 Å². The average molecular weight is 855 g/mol. The number of hydrogen-bond acceptors (Lipinski definition) is 4. The molecule has 12 rings (SSSR count). The van der Waals surface area contributed by atoms with Crippen LogP contribution >= 0.6 is 16.8 Å². The number of hydrogen-bond donors (Lipinski definition) is 0. The maximum Gasteiger partial charge on any atom is 2.00 e. The van der Waals surface area contributed by atoms with Gasteiger partial charge in [0.1, 0.15) is 16.8 Å². The smallest absolute Gasteiger partial charge is 0.337 e. The molecule has 0 bridgehead atoms. The molecule has 16 unspecified atom stereocenters. The van der Waals surface area contributed by atoms with Crippen LogP contribution in [0.4, 0.5) is 0 Å². The fraction of sp³-hybridized carbons (Fsp3) is 0.800. The van der Waals surface area contributed by atoms with Gasteiger partial charge in [0.2, 0.25) is 0 Å². The van der Waals surface area contributed by atoms with Gasteiger partial charge in [-0.25, -0.2) is 12.1 Å². The summed E-state index contributed by atoms with van der Waals surface area (Å²) in [6.07, 6.45) is 36.1. The van der Waals surface area contributed by atoms with Gasteiger partial charge in [0, 0.05) is 0 Å². The summed E-state index contributed by atoms with van der Waals surface area (Å²) < 4.78 is 27.7. The van der Waals surface area contributed by atoms with Crippen molar-refractivity contribution in [3.05, 3.63) is 48.5 Å². The Morgan fingerprint density at radius 1 is 0.368 bits per heavy atom. The molecule has 0 radical (unpaired) electrons. The molecule has 10 fully saturated rings. The number of rotatable bonds is 2. The van der Waals surface area contributed by atoms with Gasteiger partial charge in [-0.05, 0) is 148 Å². The van der Waals surface area contributed by atoms with E-state index >= 15 is 0 Å². The molecule has 2 saturated heterocycles. The van der Waals surface area contributed by atoms with E-state index in [2.05, 4.69) is 48.5 Å². The maximum absolute atomic E-state index is 6.92. The molecule has 0 aromatic heterocycles. The molecular weight excluding hydrogens is 782 g/mol. The van der Waals surface area contributed by atoms with E-state index < -0.39 is 16.8 Å². The van der Waals surface area contributed by atoms with E-state index in [1.165, 1.54) is 165 Å². The van der Waals surface area contributed by atoms with Gasteiger partial charge in [-0.3, -0.25) is 0 Å². The van der Waals surface area contributed by atoms with Gasteiger partial charge < -0.3 is 18.1 Å². The topological polar surface area (TPSA) is 36.9 Å². The molecule has 7 heteroatoms. The summed E-state index contributed by atoms with van der Waals surface area (Å²) in [4.78, 5) is 0. The van der Waals surface area contributed by atoms with Crippen LogP contribution in [0.15, 0.2) is 48.5 Å². The quantitative estimate of drug-likeness (QED) is 0.171. The van der Waals surface area contributed by atoms with E-state index in [4.69, 9.17) is 18.1 Å². The van der Waals surface area contributed by atoms with Gasteiger partial charge in [0.05, 0.1) is 24.4 Å². The van der Waals surface area contributed by atoms with E-state index in [0.717, 1.165) is 71.0 Å². The van der Waals surface area contributed by atoms with Crippen LogP contribution in [0, 0.1) is 71.0 Å². The fourth-order valence-corrected chi connectivity index (χ4v) is 19.6.